The number of H-pyrrole nitrogens is 1. The van der Waals surface area contributed by atoms with Gasteiger partial charge in [-0.15, -0.1) is 0 Å². The summed E-state index contributed by atoms with van der Waals surface area (Å²) in [6.07, 6.45) is 2.10. The van der Waals surface area contributed by atoms with Gasteiger partial charge in [0.2, 0.25) is 0 Å². The van der Waals surface area contributed by atoms with Gasteiger partial charge in [0.25, 0.3) is 11.6 Å². The monoisotopic (exact) mass is 418 g/mol. The van der Waals surface area contributed by atoms with E-state index in [4.69, 9.17) is 0 Å². The number of nitro groups is 1. The van der Waals surface area contributed by atoms with Crippen LogP contribution in [0.1, 0.15) is 42.6 Å². The number of aromatic nitrogens is 1. The lowest BCUT2D eigenvalue weighted by Gasteiger charge is -2.36. The number of imide groups is 1. The first-order valence-electron chi connectivity index (χ1n) is 10.5. The summed E-state index contributed by atoms with van der Waals surface area (Å²) < 4.78 is 0. The number of nitrogens with zero attached hydrogens (tertiary/aromatic N) is 3. The minimum Gasteiger partial charge on any atom is -0.356 e. The summed E-state index contributed by atoms with van der Waals surface area (Å²) >= 11 is 0. The van der Waals surface area contributed by atoms with Gasteiger partial charge >= 0.3 is 6.03 Å². The highest BCUT2D eigenvalue weighted by atomic mass is 16.6. The number of unbranched alkanes of at least 4 members (excludes halogenated alkanes) is 1. The Hall–Kier alpha value is -3.68. The van der Waals surface area contributed by atoms with Gasteiger partial charge in [-0.25, -0.2) is 4.79 Å². The highest BCUT2D eigenvalue weighted by Crippen LogP contribution is 2.44. The Morgan fingerprint density at radius 1 is 1.13 bits per heavy atom. The van der Waals surface area contributed by atoms with Crippen molar-refractivity contribution < 1.29 is 14.5 Å². The first kappa shape index (κ1) is 19.3. The first-order chi connectivity index (χ1) is 15.0. The molecule has 31 heavy (non-hydrogen) atoms. The molecule has 3 aromatic rings. The lowest BCUT2D eigenvalue weighted by Crippen LogP contribution is -2.44. The van der Waals surface area contributed by atoms with Crippen LogP contribution in [0.3, 0.4) is 0 Å². The second kappa shape index (κ2) is 7.23. The van der Waals surface area contributed by atoms with Gasteiger partial charge in [-0.2, -0.15) is 0 Å². The lowest BCUT2D eigenvalue weighted by molar-refractivity contribution is -0.384. The van der Waals surface area contributed by atoms with Crippen LogP contribution in [0.25, 0.3) is 10.9 Å². The van der Waals surface area contributed by atoms with E-state index >= 15 is 0 Å². The van der Waals surface area contributed by atoms with Crippen LogP contribution >= 0.6 is 0 Å². The summed E-state index contributed by atoms with van der Waals surface area (Å²) in [7, 11) is 0. The Balaban J connectivity index is 1.66. The van der Waals surface area contributed by atoms with Crippen molar-refractivity contribution in [3.63, 3.8) is 0 Å². The van der Waals surface area contributed by atoms with Crippen molar-refractivity contribution in [1.29, 1.82) is 0 Å². The molecule has 0 saturated carbocycles. The number of amides is 3. The van der Waals surface area contributed by atoms with Crippen LogP contribution in [0.5, 0.6) is 0 Å². The molecule has 1 N–H and O–H groups in total. The van der Waals surface area contributed by atoms with Crippen molar-refractivity contribution in [2.45, 2.75) is 38.3 Å². The number of urea groups is 1. The van der Waals surface area contributed by atoms with E-state index in [1.54, 1.807) is 17.0 Å². The maximum Gasteiger partial charge on any atom is 0.328 e. The highest BCUT2D eigenvalue weighted by Gasteiger charge is 2.52. The molecule has 2 aromatic carbocycles. The van der Waals surface area contributed by atoms with Crippen molar-refractivity contribution in [2.75, 3.05) is 6.54 Å². The number of aromatic amines is 1. The van der Waals surface area contributed by atoms with Crippen molar-refractivity contribution in [3.05, 3.63) is 75.5 Å². The molecule has 8 nitrogen and oxygen atoms in total. The number of benzene rings is 2. The van der Waals surface area contributed by atoms with Crippen LogP contribution < -0.4 is 0 Å². The topological polar surface area (TPSA) is 99.5 Å². The molecule has 5 rings (SSSR count). The van der Waals surface area contributed by atoms with Crippen molar-refractivity contribution in [2.24, 2.45) is 0 Å². The van der Waals surface area contributed by atoms with Gasteiger partial charge < -0.3 is 4.98 Å². The number of rotatable bonds is 5. The van der Waals surface area contributed by atoms with E-state index in [0.717, 1.165) is 40.6 Å². The van der Waals surface area contributed by atoms with Crippen LogP contribution in [0.4, 0.5) is 10.5 Å². The number of non-ortho nitro benzene ring substituents is 1. The maximum atomic E-state index is 13.3. The van der Waals surface area contributed by atoms with Crippen molar-refractivity contribution >= 4 is 28.5 Å². The number of carbonyl (C=O) groups is 2. The quantitative estimate of drug-likeness (QED) is 0.382. The lowest BCUT2D eigenvalue weighted by atomic mass is 9.89. The first-order valence-corrected chi connectivity index (χ1v) is 10.5. The molecular formula is C23H22N4O4. The van der Waals surface area contributed by atoms with Gasteiger partial charge in [-0.05, 0) is 35.7 Å². The Kier molecular flexibility index (Phi) is 4.50. The van der Waals surface area contributed by atoms with Gasteiger partial charge in [0.05, 0.1) is 4.92 Å². The molecule has 0 aliphatic carbocycles. The van der Waals surface area contributed by atoms with E-state index < -0.39 is 17.0 Å². The molecule has 158 valence electrons. The molecule has 1 fully saturated rings. The Morgan fingerprint density at radius 3 is 2.58 bits per heavy atom. The number of hydrogen-bond acceptors (Lipinski definition) is 4. The van der Waals surface area contributed by atoms with E-state index in [1.165, 1.54) is 17.0 Å². The predicted molar refractivity (Wildman–Crippen MR) is 115 cm³/mol. The molecule has 2 atom stereocenters. The van der Waals surface area contributed by atoms with E-state index in [9.17, 15) is 19.7 Å². The Labute approximate surface area is 178 Å². The summed E-state index contributed by atoms with van der Waals surface area (Å²) in [5.41, 5.74) is 3.56. The third-order valence-corrected chi connectivity index (χ3v) is 6.29. The zero-order valence-corrected chi connectivity index (χ0v) is 17.1. The predicted octanol–water partition coefficient (Wildman–Crippen LogP) is 4.15. The Morgan fingerprint density at radius 2 is 1.87 bits per heavy atom. The van der Waals surface area contributed by atoms with Crippen LogP contribution in [0.15, 0.2) is 48.5 Å². The second-order valence-electron chi connectivity index (χ2n) is 8.07. The van der Waals surface area contributed by atoms with Crippen molar-refractivity contribution in [3.8, 4) is 0 Å². The fraction of sp³-hybridized carbons (Fsp3) is 0.304. The van der Waals surface area contributed by atoms with Gasteiger partial charge in [0.15, 0.2) is 0 Å². The van der Waals surface area contributed by atoms with Crippen molar-refractivity contribution in [1.82, 2.24) is 14.8 Å². The average Bonchev–Trinajstić information content (AvgIpc) is 3.26. The zero-order chi connectivity index (χ0) is 21.7. The molecule has 2 aliphatic rings. The minimum atomic E-state index is -0.573. The van der Waals surface area contributed by atoms with Crippen LogP contribution in [0, 0.1) is 10.1 Å². The fourth-order valence-electron chi connectivity index (χ4n) is 4.78. The molecule has 1 saturated heterocycles. The minimum absolute atomic E-state index is 0.0126. The smallest absolute Gasteiger partial charge is 0.328 e. The molecule has 3 amide bonds. The summed E-state index contributed by atoms with van der Waals surface area (Å²) in [6, 6.07) is 12.7. The summed E-state index contributed by atoms with van der Waals surface area (Å²) in [4.78, 5) is 43.7. The van der Waals surface area contributed by atoms with Crippen LogP contribution in [0.2, 0.25) is 0 Å². The van der Waals surface area contributed by atoms with Gasteiger partial charge in [-0.1, -0.05) is 31.5 Å². The van der Waals surface area contributed by atoms with Gasteiger partial charge in [0, 0.05) is 41.7 Å². The highest BCUT2D eigenvalue weighted by molar-refractivity contribution is 6.05. The largest absolute Gasteiger partial charge is 0.356 e. The van der Waals surface area contributed by atoms with E-state index in [0.29, 0.717) is 13.0 Å². The maximum absolute atomic E-state index is 13.3. The second-order valence-corrected chi connectivity index (χ2v) is 8.07. The number of nitro benzene ring substituents is 1. The standard InChI is InChI=1S/C23H22N4O4/c1-2-3-12-25-22(28)19-13-17-16-6-4-5-7-18(16)24-20(17)21(26(19)23(25)29)14-8-10-15(11-9-14)27(30)31/h4-11,19,21,24H,2-3,12-13H2,1H3/t19-,21+/m1/s1. The molecule has 0 radical (unpaired) electrons. The van der Waals surface area contributed by atoms with Crippen LogP contribution in [-0.4, -0.2) is 44.2 Å². The number of nitrogens with one attached hydrogen (secondary N) is 1. The molecule has 1 aromatic heterocycles. The van der Waals surface area contributed by atoms with E-state index in [2.05, 4.69) is 4.98 Å². The summed E-state index contributed by atoms with van der Waals surface area (Å²) in [6.45, 7) is 2.43. The van der Waals surface area contributed by atoms with E-state index in [-0.39, 0.29) is 17.6 Å². The van der Waals surface area contributed by atoms with Crippen LogP contribution in [-0.2, 0) is 11.2 Å². The summed E-state index contributed by atoms with van der Waals surface area (Å²) in [5, 5.41) is 12.1. The molecule has 3 heterocycles. The number of fused-ring (bicyclic) bond motifs is 4. The average molecular weight is 418 g/mol. The fourth-order valence-corrected chi connectivity index (χ4v) is 4.78. The molecule has 0 bridgehead atoms. The number of carbonyl (C=O) groups excluding carboxylic acids is 2. The summed E-state index contributed by atoms with van der Waals surface area (Å²) in [5.74, 6) is -0.165. The molecule has 0 unspecified atom stereocenters. The number of hydrogen-bond donors (Lipinski definition) is 1. The normalized spacial score (nSPS) is 20.3. The molecule has 2 aliphatic heterocycles. The van der Waals surface area contributed by atoms with E-state index in [1.807, 2.05) is 31.2 Å². The third kappa shape index (κ3) is 2.90. The van der Waals surface area contributed by atoms with Gasteiger partial charge in [-0.3, -0.25) is 24.7 Å². The SMILES string of the molecule is CCCCN1C(=O)[C@H]2Cc3c([nH]c4ccccc34)[C@H](c3ccc([N+](=O)[O-])cc3)N2C1=O. The van der Waals surface area contributed by atoms with Gasteiger partial charge in [0.1, 0.15) is 12.1 Å². The third-order valence-electron chi connectivity index (χ3n) is 6.29. The Bertz CT molecular complexity index is 1200. The molecular weight excluding hydrogens is 396 g/mol. The molecule has 8 heteroatoms. The molecule has 0 spiro atoms. The number of para-hydroxylation sites is 1. The zero-order valence-electron chi connectivity index (χ0n) is 17.1.